The average Bonchev–Trinajstić information content (AvgIpc) is 3.18. The molecule has 0 bridgehead atoms. The molecule has 28 heavy (non-hydrogen) atoms. The number of anilines is 1. The molecular formula is C23H32N4O. The summed E-state index contributed by atoms with van der Waals surface area (Å²) in [4.78, 5) is 6.79. The topological polar surface area (TPSA) is 48.9 Å². The molecule has 5 nitrogen and oxygen atoms in total. The van der Waals surface area contributed by atoms with E-state index in [0.29, 0.717) is 5.92 Å². The van der Waals surface area contributed by atoms with Crippen LogP contribution in [0.3, 0.4) is 0 Å². The van der Waals surface area contributed by atoms with Gasteiger partial charge in [-0.25, -0.2) is 0 Å². The molecule has 0 radical (unpaired) electrons. The smallest absolute Gasteiger partial charge is 0.191 e. The molecule has 1 aliphatic rings. The highest BCUT2D eigenvalue weighted by Crippen LogP contribution is 2.31. The van der Waals surface area contributed by atoms with Crippen LogP contribution < -0.4 is 20.3 Å². The molecule has 1 saturated heterocycles. The van der Waals surface area contributed by atoms with E-state index < -0.39 is 0 Å². The van der Waals surface area contributed by atoms with Gasteiger partial charge in [-0.1, -0.05) is 35.9 Å². The molecule has 150 valence electrons. The first-order chi connectivity index (χ1) is 13.6. The van der Waals surface area contributed by atoms with Crippen molar-refractivity contribution in [2.24, 2.45) is 10.9 Å². The van der Waals surface area contributed by atoms with Gasteiger partial charge in [0, 0.05) is 33.2 Å². The van der Waals surface area contributed by atoms with Crippen LogP contribution in [0.25, 0.3) is 0 Å². The summed E-state index contributed by atoms with van der Waals surface area (Å²) in [6.07, 6.45) is 1.17. The van der Waals surface area contributed by atoms with Crippen LogP contribution in [0.15, 0.2) is 47.5 Å². The number of hydrogen-bond acceptors (Lipinski definition) is 3. The predicted molar refractivity (Wildman–Crippen MR) is 117 cm³/mol. The normalized spacial score (nSPS) is 16.9. The number of para-hydroxylation sites is 2. The number of hydrogen-bond donors (Lipinski definition) is 2. The van der Waals surface area contributed by atoms with Crippen molar-refractivity contribution in [3.8, 4) is 5.75 Å². The van der Waals surface area contributed by atoms with E-state index in [1.54, 1.807) is 7.11 Å². The van der Waals surface area contributed by atoms with Crippen LogP contribution in [0.4, 0.5) is 5.69 Å². The number of ether oxygens (including phenoxy) is 1. The van der Waals surface area contributed by atoms with Crippen LogP contribution in [0.1, 0.15) is 23.1 Å². The first-order valence-electron chi connectivity index (χ1n) is 9.99. The summed E-state index contributed by atoms with van der Waals surface area (Å²) in [6.45, 7) is 8.07. The number of aryl methyl sites for hydroxylation is 2. The molecule has 0 amide bonds. The number of nitrogens with one attached hydrogen (secondary N) is 2. The second-order valence-electron chi connectivity index (χ2n) is 7.51. The van der Waals surface area contributed by atoms with Gasteiger partial charge in [-0.15, -0.1) is 0 Å². The summed E-state index contributed by atoms with van der Waals surface area (Å²) in [7, 11) is 3.56. The summed E-state index contributed by atoms with van der Waals surface area (Å²) in [5.41, 5.74) is 5.09. The fourth-order valence-corrected chi connectivity index (χ4v) is 3.79. The highest BCUT2D eigenvalue weighted by Gasteiger charge is 2.24. The maximum Gasteiger partial charge on any atom is 0.191 e. The van der Waals surface area contributed by atoms with E-state index in [2.05, 4.69) is 64.7 Å². The molecule has 2 aromatic rings. The van der Waals surface area contributed by atoms with Crippen LogP contribution in [0.2, 0.25) is 0 Å². The van der Waals surface area contributed by atoms with E-state index >= 15 is 0 Å². The molecule has 5 heteroatoms. The Hall–Kier alpha value is -2.69. The number of benzene rings is 2. The highest BCUT2D eigenvalue weighted by atomic mass is 16.5. The Morgan fingerprint density at radius 3 is 2.75 bits per heavy atom. The molecule has 2 aromatic carbocycles. The fourth-order valence-electron chi connectivity index (χ4n) is 3.79. The molecule has 1 atom stereocenters. The zero-order valence-corrected chi connectivity index (χ0v) is 17.5. The largest absolute Gasteiger partial charge is 0.495 e. The second-order valence-corrected chi connectivity index (χ2v) is 7.51. The SMILES string of the molecule is CN=C(NCc1ccc(C)cc1C)NCC1CCN(c2ccccc2OC)C1. The molecule has 1 heterocycles. The lowest BCUT2D eigenvalue weighted by Crippen LogP contribution is -2.40. The van der Waals surface area contributed by atoms with Gasteiger partial charge in [-0.05, 0) is 49.4 Å². The van der Waals surface area contributed by atoms with Crippen molar-refractivity contribution in [3.63, 3.8) is 0 Å². The molecule has 0 aliphatic carbocycles. The first kappa shape index (κ1) is 20.1. The second kappa shape index (κ2) is 9.49. The van der Waals surface area contributed by atoms with Crippen LogP contribution in [0, 0.1) is 19.8 Å². The lowest BCUT2D eigenvalue weighted by molar-refractivity contribution is 0.414. The maximum absolute atomic E-state index is 5.51. The van der Waals surface area contributed by atoms with Crippen molar-refractivity contribution in [2.45, 2.75) is 26.8 Å². The Bertz CT molecular complexity index is 818. The molecule has 3 rings (SSSR count). The zero-order valence-electron chi connectivity index (χ0n) is 17.5. The Morgan fingerprint density at radius 2 is 2.00 bits per heavy atom. The average molecular weight is 381 g/mol. The molecule has 1 aliphatic heterocycles. The summed E-state index contributed by atoms with van der Waals surface area (Å²) in [5.74, 6) is 2.39. The molecule has 0 saturated carbocycles. The van der Waals surface area contributed by atoms with Crippen molar-refractivity contribution >= 4 is 11.6 Å². The van der Waals surface area contributed by atoms with Crippen molar-refractivity contribution in [1.29, 1.82) is 0 Å². The minimum absolute atomic E-state index is 0.588. The number of methoxy groups -OCH3 is 1. The zero-order chi connectivity index (χ0) is 19.9. The van der Waals surface area contributed by atoms with Crippen molar-refractivity contribution in [1.82, 2.24) is 10.6 Å². The summed E-state index contributed by atoms with van der Waals surface area (Å²) in [6, 6.07) is 14.8. The Kier molecular flexibility index (Phi) is 6.80. The van der Waals surface area contributed by atoms with E-state index in [4.69, 9.17) is 4.74 Å². The van der Waals surface area contributed by atoms with Crippen molar-refractivity contribution in [2.75, 3.05) is 38.7 Å². The van der Waals surface area contributed by atoms with Gasteiger partial charge in [0.1, 0.15) is 5.75 Å². The molecular weight excluding hydrogens is 348 g/mol. The van der Waals surface area contributed by atoms with Crippen molar-refractivity contribution < 1.29 is 4.74 Å². The Labute approximate surface area is 168 Å². The van der Waals surface area contributed by atoms with E-state index in [1.807, 2.05) is 19.2 Å². The molecule has 1 unspecified atom stereocenters. The molecule has 0 spiro atoms. The van der Waals surface area contributed by atoms with Crippen LogP contribution in [-0.4, -0.2) is 39.8 Å². The van der Waals surface area contributed by atoms with Gasteiger partial charge in [0.2, 0.25) is 0 Å². The maximum atomic E-state index is 5.51. The van der Waals surface area contributed by atoms with Crippen LogP contribution in [0.5, 0.6) is 5.75 Å². The number of guanidine groups is 1. The number of aliphatic imine (C=N–C) groups is 1. The van der Waals surface area contributed by atoms with E-state index in [-0.39, 0.29) is 0 Å². The molecule has 2 N–H and O–H groups in total. The fraction of sp³-hybridized carbons (Fsp3) is 0.435. The van der Waals surface area contributed by atoms with Crippen LogP contribution in [-0.2, 0) is 6.54 Å². The third-order valence-corrected chi connectivity index (χ3v) is 5.44. The Morgan fingerprint density at radius 1 is 1.18 bits per heavy atom. The lowest BCUT2D eigenvalue weighted by atomic mass is 10.1. The quantitative estimate of drug-likeness (QED) is 0.595. The Balaban J connectivity index is 1.49. The van der Waals surface area contributed by atoms with E-state index in [0.717, 1.165) is 37.9 Å². The summed E-state index contributed by atoms with van der Waals surface area (Å²) >= 11 is 0. The van der Waals surface area contributed by atoms with Gasteiger partial charge in [0.05, 0.1) is 12.8 Å². The van der Waals surface area contributed by atoms with E-state index in [1.165, 1.54) is 28.8 Å². The van der Waals surface area contributed by atoms with Gasteiger partial charge in [0.25, 0.3) is 0 Å². The monoisotopic (exact) mass is 380 g/mol. The van der Waals surface area contributed by atoms with Crippen molar-refractivity contribution in [3.05, 3.63) is 59.2 Å². The first-order valence-corrected chi connectivity index (χ1v) is 9.99. The van der Waals surface area contributed by atoms with E-state index in [9.17, 15) is 0 Å². The van der Waals surface area contributed by atoms with Gasteiger partial charge >= 0.3 is 0 Å². The third kappa shape index (κ3) is 4.97. The van der Waals surface area contributed by atoms with Gasteiger partial charge in [0.15, 0.2) is 5.96 Å². The standard InChI is InChI=1S/C23H32N4O/c1-17-9-10-20(18(2)13-17)15-26-23(24-3)25-14-19-11-12-27(16-19)21-7-5-6-8-22(21)28-4/h5-10,13,19H,11-12,14-16H2,1-4H3,(H2,24,25,26). The minimum Gasteiger partial charge on any atom is -0.495 e. The predicted octanol–water partition coefficient (Wildman–Crippen LogP) is 3.50. The third-order valence-electron chi connectivity index (χ3n) is 5.44. The summed E-state index contributed by atoms with van der Waals surface area (Å²) in [5, 5.41) is 6.93. The lowest BCUT2D eigenvalue weighted by Gasteiger charge is -2.21. The van der Waals surface area contributed by atoms with Gasteiger partial charge in [-0.3, -0.25) is 4.99 Å². The summed E-state index contributed by atoms with van der Waals surface area (Å²) < 4.78 is 5.51. The minimum atomic E-state index is 0.588. The van der Waals surface area contributed by atoms with Crippen LogP contribution >= 0.6 is 0 Å². The van der Waals surface area contributed by atoms with Gasteiger partial charge in [-0.2, -0.15) is 0 Å². The highest BCUT2D eigenvalue weighted by molar-refractivity contribution is 5.79. The van der Waals surface area contributed by atoms with Gasteiger partial charge < -0.3 is 20.3 Å². The number of rotatable bonds is 6. The molecule has 0 aromatic heterocycles. The number of nitrogens with zero attached hydrogens (tertiary/aromatic N) is 2. The molecule has 1 fully saturated rings.